The summed E-state index contributed by atoms with van der Waals surface area (Å²) in [6.45, 7) is 0. The zero-order chi connectivity index (χ0) is 10.6. The number of nitrogens with zero attached hydrogens (tertiary/aromatic N) is 1. The van der Waals surface area contributed by atoms with Crippen molar-refractivity contribution in [1.82, 2.24) is 4.98 Å². The highest BCUT2D eigenvalue weighted by molar-refractivity contribution is 8.35. The van der Waals surface area contributed by atoms with E-state index in [1.54, 1.807) is 18.5 Å². The predicted octanol–water partition coefficient (Wildman–Crippen LogP) is 1.90. The number of hydrogen-bond acceptors (Lipinski definition) is 2. The van der Waals surface area contributed by atoms with E-state index < -0.39 is 10.0 Å². The second-order valence-electron chi connectivity index (χ2n) is 3.64. The molecule has 0 saturated carbocycles. The van der Waals surface area contributed by atoms with Gasteiger partial charge in [-0.2, -0.15) is 10.0 Å². The van der Waals surface area contributed by atoms with Crippen LogP contribution in [-0.2, 0) is 0 Å². The zero-order valence-corrected chi connectivity index (χ0v) is 9.39. The number of hydrogen-bond donors (Lipinski definition) is 0. The molecule has 0 unspecified atom stereocenters. The van der Waals surface area contributed by atoms with Gasteiger partial charge in [0.1, 0.15) is 0 Å². The fourth-order valence-corrected chi connectivity index (χ4v) is 1.24. The van der Waals surface area contributed by atoms with Crippen LogP contribution in [-0.4, -0.2) is 30.0 Å². The summed E-state index contributed by atoms with van der Waals surface area (Å²) in [6, 6.07) is 1.68. The molecule has 1 aromatic heterocycles. The number of carbonyl (C=O) groups excluding carboxylic acids is 1. The molecule has 0 amide bonds. The van der Waals surface area contributed by atoms with Gasteiger partial charge < -0.3 is 0 Å². The minimum Gasteiger partial charge on any atom is -0.298 e. The zero-order valence-electron chi connectivity index (χ0n) is 8.57. The van der Waals surface area contributed by atoms with Crippen molar-refractivity contribution in [3.8, 4) is 11.2 Å². The quantitative estimate of drug-likeness (QED) is 0.520. The first-order chi connectivity index (χ1) is 6.53. The van der Waals surface area contributed by atoms with E-state index in [4.69, 9.17) is 0 Å². The van der Waals surface area contributed by atoms with E-state index in [-0.39, 0.29) is 0 Å². The molecule has 1 rings (SSSR count). The van der Waals surface area contributed by atoms with Crippen molar-refractivity contribution in [3.63, 3.8) is 0 Å². The summed E-state index contributed by atoms with van der Waals surface area (Å²) in [5, 5.41) is 3.15. The van der Waals surface area contributed by atoms with Crippen molar-refractivity contribution in [1.29, 1.82) is 0 Å². The molecule has 14 heavy (non-hydrogen) atoms. The molecule has 0 bridgehead atoms. The average Bonchev–Trinajstić information content (AvgIpc) is 2.14. The highest BCUT2D eigenvalue weighted by Crippen LogP contribution is 2.32. The Morgan fingerprint density at radius 1 is 1.43 bits per heavy atom. The lowest BCUT2D eigenvalue weighted by Crippen LogP contribution is -1.90. The Labute approximate surface area is 86.1 Å². The normalized spacial score (nSPS) is 11.4. The molecular weight excluding hydrogens is 194 g/mol. The summed E-state index contributed by atoms with van der Waals surface area (Å²) in [5.74, 6) is 3.00. The molecule has 74 valence electrons. The van der Waals surface area contributed by atoms with Crippen molar-refractivity contribution >= 4 is 16.3 Å². The SMILES string of the molecule is CS(C)(C)C#Cc1cnccc1C=O. The number of rotatable bonds is 1. The summed E-state index contributed by atoms with van der Waals surface area (Å²) in [7, 11) is -0.852. The number of aldehydes is 1. The third-order valence-corrected chi connectivity index (χ3v) is 2.19. The van der Waals surface area contributed by atoms with Crippen molar-refractivity contribution < 1.29 is 4.79 Å². The number of carbonyl (C=O) groups is 1. The topological polar surface area (TPSA) is 30.0 Å². The van der Waals surface area contributed by atoms with Crippen LogP contribution in [0.4, 0.5) is 0 Å². The van der Waals surface area contributed by atoms with Crippen molar-refractivity contribution in [2.75, 3.05) is 18.8 Å². The van der Waals surface area contributed by atoms with E-state index in [2.05, 4.69) is 34.9 Å². The van der Waals surface area contributed by atoms with E-state index in [1.807, 2.05) is 0 Å². The fraction of sp³-hybridized carbons (Fsp3) is 0.273. The summed E-state index contributed by atoms with van der Waals surface area (Å²) in [5.41, 5.74) is 1.32. The molecular formula is C11H13NOS. The Hall–Kier alpha value is -1.27. The molecule has 0 saturated heterocycles. The van der Waals surface area contributed by atoms with E-state index in [9.17, 15) is 4.79 Å². The van der Waals surface area contributed by atoms with Gasteiger partial charge in [0.05, 0.1) is 5.56 Å². The van der Waals surface area contributed by atoms with Crippen LogP contribution in [0.25, 0.3) is 0 Å². The van der Waals surface area contributed by atoms with Crippen LogP contribution in [0.1, 0.15) is 15.9 Å². The van der Waals surface area contributed by atoms with Gasteiger partial charge >= 0.3 is 0 Å². The Balaban J connectivity index is 3.06. The first-order valence-corrected chi connectivity index (χ1v) is 6.99. The van der Waals surface area contributed by atoms with Crippen molar-refractivity contribution in [2.24, 2.45) is 0 Å². The Morgan fingerprint density at radius 2 is 2.14 bits per heavy atom. The van der Waals surface area contributed by atoms with Gasteiger partial charge in [0, 0.05) is 18.0 Å². The van der Waals surface area contributed by atoms with Gasteiger partial charge in [-0.05, 0) is 30.1 Å². The number of pyridine rings is 1. The molecule has 3 heteroatoms. The Morgan fingerprint density at radius 3 is 2.71 bits per heavy atom. The van der Waals surface area contributed by atoms with Crippen molar-refractivity contribution in [2.45, 2.75) is 0 Å². The summed E-state index contributed by atoms with van der Waals surface area (Å²) >= 11 is 0. The Kier molecular flexibility index (Phi) is 3.32. The second-order valence-corrected chi connectivity index (χ2v) is 7.52. The molecule has 0 N–H and O–H groups in total. The molecule has 0 fully saturated rings. The van der Waals surface area contributed by atoms with Crippen molar-refractivity contribution in [3.05, 3.63) is 29.6 Å². The molecule has 2 nitrogen and oxygen atoms in total. The van der Waals surface area contributed by atoms with E-state index in [1.165, 1.54) is 0 Å². The molecule has 0 aliphatic carbocycles. The standard InChI is InChI=1S/C11H13NOS/c1-14(2,3)7-5-10-8-12-6-4-11(10)9-13/h4,6,8-9H,1-3H3. The maximum Gasteiger partial charge on any atom is 0.151 e. The number of aromatic nitrogens is 1. The third-order valence-electron chi connectivity index (χ3n) is 1.47. The molecule has 0 atom stereocenters. The molecule has 0 aliphatic heterocycles. The summed E-state index contributed by atoms with van der Waals surface area (Å²) in [4.78, 5) is 14.6. The van der Waals surface area contributed by atoms with Gasteiger partial charge in [-0.15, -0.1) is 0 Å². The molecule has 1 aromatic rings. The van der Waals surface area contributed by atoms with E-state index in [0.717, 1.165) is 6.29 Å². The van der Waals surface area contributed by atoms with Crippen LogP contribution < -0.4 is 0 Å². The summed E-state index contributed by atoms with van der Waals surface area (Å²) < 4.78 is 0. The van der Waals surface area contributed by atoms with Gasteiger partial charge in [-0.25, -0.2) is 0 Å². The van der Waals surface area contributed by atoms with Crippen LogP contribution in [0.2, 0.25) is 0 Å². The average molecular weight is 207 g/mol. The second kappa shape index (κ2) is 4.30. The van der Waals surface area contributed by atoms with Crippen LogP contribution in [0, 0.1) is 11.2 Å². The molecule has 0 spiro atoms. The molecule has 0 aliphatic rings. The van der Waals surface area contributed by atoms with Gasteiger partial charge in [0.15, 0.2) is 6.29 Å². The van der Waals surface area contributed by atoms with Crippen LogP contribution >= 0.6 is 10.0 Å². The van der Waals surface area contributed by atoms with Crippen LogP contribution in [0.5, 0.6) is 0 Å². The van der Waals surface area contributed by atoms with Gasteiger partial charge in [-0.3, -0.25) is 9.78 Å². The lowest BCUT2D eigenvalue weighted by atomic mass is 10.2. The molecule has 1 heterocycles. The highest BCUT2D eigenvalue weighted by Gasteiger charge is 1.99. The minimum atomic E-state index is -0.852. The van der Waals surface area contributed by atoms with Crippen LogP contribution in [0.3, 0.4) is 0 Å². The third kappa shape index (κ3) is 3.23. The predicted molar refractivity (Wildman–Crippen MR) is 61.9 cm³/mol. The molecule has 0 aromatic carbocycles. The largest absolute Gasteiger partial charge is 0.298 e. The molecule has 0 radical (unpaired) electrons. The van der Waals surface area contributed by atoms with Gasteiger partial charge in [0.25, 0.3) is 0 Å². The first kappa shape index (κ1) is 10.8. The van der Waals surface area contributed by atoms with Gasteiger partial charge in [0.2, 0.25) is 0 Å². The van der Waals surface area contributed by atoms with Gasteiger partial charge in [-0.1, -0.05) is 5.92 Å². The summed E-state index contributed by atoms with van der Waals surface area (Å²) in [6.07, 6.45) is 10.4. The highest BCUT2D eigenvalue weighted by atomic mass is 32.3. The lowest BCUT2D eigenvalue weighted by molar-refractivity contribution is 0.112. The first-order valence-electron chi connectivity index (χ1n) is 4.13. The smallest absolute Gasteiger partial charge is 0.151 e. The van der Waals surface area contributed by atoms with Crippen LogP contribution in [0.15, 0.2) is 18.5 Å². The Bertz CT molecular complexity index is 396. The lowest BCUT2D eigenvalue weighted by Gasteiger charge is -2.14. The minimum absolute atomic E-state index is 0.608. The van der Waals surface area contributed by atoms with E-state index >= 15 is 0 Å². The maximum absolute atomic E-state index is 10.7. The maximum atomic E-state index is 10.7. The monoisotopic (exact) mass is 207 g/mol. The van der Waals surface area contributed by atoms with E-state index in [0.29, 0.717) is 11.1 Å². The fourth-order valence-electron chi connectivity index (χ4n) is 0.820.